The van der Waals surface area contributed by atoms with Crippen LogP contribution in [0.2, 0.25) is 0 Å². The van der Waals surface area contributed by atoms with Crippen LogP contribution in [0.25, 0.3) is 0 Å². The predicted molar refractivity (Wildman–Crippen MR) is 171 cm³/mol. The Bertz CT molecular complexity index is 1380. The number of anilines is 1. The summed E-state index contributed by atoms with van der Waals surface area (Å²) < 4.78 is 11.4. The molecule has 264 valence electrons. The number of carbonyl (C=O) groups excluding carboxylic acids is 6. The number of nitrogens with one attached hydrogen (secondary N) is 4. The molecule has 1 aromatic rings. The number of Topliss-reactive ketones (excluding diaryl/α,β-unsaturated/α-hetero) is 2. The van der Waals surface area contributed by atoms with E-state index < -0.39 is 65.3 Å². The van der Waals surface area contributed by atoms with E-state index in [4.69, 9.17) is 6.48 Å². The number of amides is 3. The van der Waals surface area contributed by atoms with E-state index in [0.717, 1.165) is 0 Å². The molecule has 2 rings (SSSR count). The summed E-state index contributed by atoms with van der Waals surface area (Å²) in [7, 11) is 0. The molecule has 0 unspecified atom stereocenters. The SMILES string of the molecule is [2H]C(=O)OCc1ccc(NC(=O)[C@H](CCC(=O)O)CC(=O)[C@H](C)NC(=O)[C@H](CCC(=O)C2(NC(=O)CCC(=O)O)CNC2)CC(C)C)cc1. The van der Waals surface area contributed by atoms with Crippen LogP contribution in [0.3, 0.4) is 0 Å². The summed E-state index contributed by atoms with van der Waals surface area (Å²) in [5, 5.41) is 29.0. The first kappa shape index (κ1) is 37.8. The monoisotopic (exact) mass is 675 g/mol. The smallest absolute Gasteiger partial charge is 0.303 e. The summed E-state index contributed by atoms with van der Waals surface area (Å²) in [4.78, 5) is 97.9. The van der Waals surface area contributed by atoms with Gasteiger partial charge in [0.2, 0.25) is 17.7 Å². The molecular formula is C33H46N4O11. The van der Waals surface area contributed by atoms with E-state index in [1.54, 1.807) is 12.1 Å². The summed E-state index contributed by atoms with van der Waals surface area (Å²) in [6.45, 7) is 5.52. The van der Waals surface area contributed by atoms with Crippen LogP contribution in [0.1, 0.15) is 79.1 Å². The second-order valence-electron chi connectivity index (χ2n) is 12.5. The Hall–Kier alpha value is -4.66. The number of hydrogen-bond acceptors (Lipinski definition) is 10. The molecule has 0 aromatic heterocycles. The van der Waals surface area contributed by atoms with Gasteiger partial charge in [-0.15, -0.1) is 0 Å². The topological polar surface area (TPSA) is 234 Å². The first-order valence-corrected chi connectivity index (χ1v) is 15.9. The van der Waals surface area contributed by atoms with Crippen molar-refractivity contribution in [3.8, 4) is 0 Å². The lowest BCUT2D eigenvalue weighted by molar-refractivity contribution is -0.140. The molecule has 48 heavy (non-hydrogen) atoms. The van der Waals surface area contributed by atoms with Gasteiger partial charge in [0.1, 0.15) is 12.1 Å². The molecule has 15 heteroatoms. The lowest BCUT2D eigenvalue weighted by Crippen LogP contribution is -2.73. The van der Waals surface area contributed by atoms with E-state index in [1.807, 2.05) is 13.8 Å². The third-order valence-electron chi connectivity index (χ3n) is 8.06. The molecule has 15 nitrogen and oxygen atoms in total. The third kappa shape index (κ3) is 13.2. The molecule has 3 atom stereocenters. The van der Waals surface area contributed by atoms with Gasteiger partial charge in [0.15, 0.2) is 12.9 Å². The zero-order valence-electron chi connectivity index (χ0n) is 28.5. The van der Waals surface area contributed by atoms with Crippen molar-refractivity contribution >= 4 is 53.4 Å². The lowest BCUT2D eigenvalue weighted by atomic mass is 9.82. The van der Waals surface area contributed by atoms with Gasteiger partial charge >= 0.3 is 11.9 Å². The number of carboxylic acids is 2. The maximum atomic E-state index is 13.3. The average Bonchev–Trinajstić information content (AvgIpc) is 3.00. The molecule has 1 fully saturated rings. The molecule has 0 aliphatic carbocycles. The average molecular weight is 676 g/mol. The fourth-order valence-corrected chi connectivity index (χ4v) is 5.25. The van der Waals surface area contributed by atoms with Crippen molar-refractivity contribution < 1.29 is 54.7 Å². The molecule has 6 N–H and O–H groups in total. The maximum Gasteiger partial charge on any atom is 0.303 e. The van der Waals surface area contributed by atoms with Gasteiger partial charge in [-0.25, -0.2) is 0 Å². The van der Waals surface area contributed by atoms with Crippen LogP contribution >= 0.6 is 0 Å². The zero-order valence-corrected chi connectivity index (χ0v) is 27.5. The molecule has 1 heterocycles. The van der Waals surface area contributed by atoms with Crippen molar-refractivity contribution in [2.75, 3.05) is 18.4 Å². The van der Waals surface area contributed by atoms with E-state index in [-0.39, 0.29) is 76.3 Å². The van der Waals surface area contributed by atoms with Gasteiger partial charge in [-0.2, -0.15) is 0 Å². The first-order valence-electron chi connectivity index (χ1n) is 16.4. The van der Waals surface area contributed by atoms with Gasteiger partial charge < -0.3 is 36.2 Å². The summed E-state index contributed by atoms with van der Waals surface area (Å²) >= 11 is 0. The van der Waals surface area contributed by atoms with Gasteiger partial charge in [0, 0.05) is 56.3 Å². The van der Waals surface area contributed by atoms with Crippen LogP contribution in [0.4, 0.5) is 5.69 Å². The van der Waals surface area contributed by atoms with Crippen molar-refractivity contribution in [1.82, 2.24) is 16.0 Å². The molecule has 1 saturated heterocycles. The molecule has 3 amide bonds. The number of benzene rings is 1. The number of carboxylic acid groups (broad SMARTS) is 2. The van der Waals surface area contributed by atoms with E-state index in [2.05, 4.69) is 26.0 Å². The van der Waals surface area contributed by atoms with Crippen LogP contribution in [-0.2, 0) is 49.7 Å². The third-order valence-corrected chi connectivity index (χ3v) is 8.06. The Kier molecular flexibility index (Phi) is 15.1. The predicted octanol–water partition coefficient (Wildman–Crippen LogP) is 1.58. The first-order chi connectivity index (χ1) is 23.0. The number of hydrogen-bond donors (Lipinski definition) is 6. The Labute approximate surface area is 280 Å². The molecule has 0 saturated carbocycles. The summed E-state index contributed by atoms with van der Waals surface area (Å²) in [6, 6.07) is 5.17. The van der Waals surface area contributed by atoms with Gasteiger partial charge in [-0.05, 0) is 49.8 Å². The number of rotatable bonds is 22. The summed E-state index contributed by atoms with van der Waals surface area (Å²) in [5.41, 5.74) is -0.256. The quantitative estimate of drug-likeness (QED) is 0.0962. The molecule has 1 aromatic carbocycles. The highest BCUT2D eigenvalue weighted by molar-refractivity contribution is 5.98. The number of ether oxygens (including phenoxy) is 1. The molecule has 1 aliphatic heterocycles. The Morgan fingerprint density at radius 1 is 0.917 bits per heavy atom. The van der Waals surface area contributed by atoms with E-state index >= 15 is 0 Å². The van der Waals surface area contributed by atoms with Crippen molar-refractivity contribution in [2.45, 2.75) is 90.3 Å². The fourth-order valence-electron chi connectivity index (χ4n) is 5.25. The lowest BCUT2D eigenvalue weighted by Gasteiger charge is -2.42. The van der Waals surface area contributed by atoms with Crippen LogP contribution in [0, 0.1) is 17.8 Å². The standard InChI is InChI=1S/C33H46N4O11/c1-20(2)14-23(6-10-27(40)33(17-34-18-33)37-28(41)11-13-30(44)45)31(46)35-21(3)26(39)15-24(7-12-29(42)43)32(47)36-25-8-4-22(5-9-25)16-48-19-38/h4-5,8-9,19-21,23-24,34H,6-7,10-18H2,1-3H3,(H,35,46)(H,36,47)(H,37,41)(H,42,43)(H,44,45)/t21-,23+,24+/m0/s1/i19D. The van der Waals surface area contributed by atoms with Crippen molar-refractivity contribution in [1.29, 1.82) is 0 Å². The minimum absolute atomic E-state index is 0.0399. The molecule has 1 aliphatic rings. The molecular weight excluding hydrogens is 628 g/mol. The molecule has 0 radical (unpaired) electrons. The highest BCUT2D eigenvalue weighted by Crippen LogP contribution is 2.23. The molecule has 0 spiro atoms. The van der Waals surface area contributed by atoms with Gasteiger partial charge in [-0.3, -0.25) is 38.4 Å². The summed E-state index contributed by atoms with van der Waals surface area (Å²) in [6.07, 6.45) is -2.16. The maximum absolute atomic E-state index is 13.3. The highest BCUT2D eigenvalue weighted by atomic mass is 16.5. The van der Waals surface area contributed by atoms with Crippen molar-refractivity contribution in [3.63, 3.8) is 0 Å². The van der Waals surface area contributed by atoms with Gasteiger partial charge in [0.05, 0.1) is 12.5 Å². The highest BCUT2D eigenvalue weighted by Gasteiger charge is 2.45. The van der Waals surface area contributed by atoms with Gasteiger partial charge in [0.25, 0.3) is 6.45 Å². The fraction of sp³-hybridized carbons (Fsp3) is 0.576. The number of ketones is 2. The van der Waals surface area contributed by atoms with Crippen LogP contribution in [-0.4, -0.2) is 82.6 Å². The molecule has 0 bridgehead atoms. The second-order valence-corrected chi connectivity index (χ2v) is 12.5. The van der Waals surface area contributed by atoms with Crippen LogP contribution in [0.15, 0.2) is 24.3 Å². The van der Waals surface area contributed by atoms with Crippen molar-refractivity contribution in [2.24, 2.45) is 17.8 Å². The normalized spacial score (nSPS) is 15.5. The number of aliphatic carboxylic acids is 2. The number of carbonyl (C=O) groups is 8. The van der Waals surface area contributed by atoms with Crippen molar-refractivity contribution in [3.05, 3.63) is 29.8 Å². The van der Waals surface area contributed by atoms with Gasteiger partial charge in [-0.1, -0.05) is 26.0 Å². The summed E-state index contributed by atoms with van der Waals surface area (Å²) in [5.74, 6) is -6.27. The Balaban J connectivity index is 2.02. The Morgan fingerprint density at radius 3 is 2.08 bits per heavy atom. The minimum Gasteiger partial charge on any atom is -0.481 e. The minimum atomic E-state index is -1.19. The van der Waals surface area contributed by atoms with E-state index in [1.165, 1.54) is 19.1 Å². The Morgan fingerprint density at radius 2 is 1.54 bits per heavy atom. The second kappa shape index (κ2) is 19.2. The van der Waals surface area contributed by atoms with E-state index in [9.17, 15) is 43.5 Å². The largest absolute Gasteiger partial charge is 0.481 e. The van der Waals surface area contributed by atoms with Crippen LogP contribution in [0.5, 0.6) is 0 Å². The zero-order chi connectivity index (χ0) is 36.7. The van der Waals surface area contributed by atoms with Crippen LogP contribution < -0.4 is 21.3 Å². The van der Waals surface area contributed by atoms with E-state index in [0.29, 0.717) is 17.7 Å².